The van der Waals surface area contributed by atoms with Crippen LogP contribution in [0.25, 0.3) is 0 Å². The van der Waals surface area contributed by atoms with Gasteiger partial charge in [0, 0.05) is 18.7 Å². The molecule has 0 aliphatic heterocycles. The zero-order chi connectivity index (χ0) is 14.1. The van der Waals surface area contributed by atoms with E-state index in [1.54, 1.807) is 7.11 Å². The number of carbonyl (C=O) groups excluding carboxylic acids is 1. The SMILES string of the molecule is COCCOCC(O)COc1cc(F)cc(C=O)c1. The van der Waals surface area contributed by atoms with Gasteiger partial charge in [-0.2, -0.15) is 0 Å². The normalized spacial score (nSPS) is 12.2. The van der Waals surface area contributed by atoms with Gasteiger partial charge < -0.3 is 19.3 Å². The lowest BCUT2D eigenvalue weighted by atomic mass is 10.2. The first-order chi connectivity index (χ1) is 9.15. The molecule has 1 aromatic rings. The van der Waals surface area contributed by atoms with Gasteiger partial charge >= 0.3 is 0 Å². The van der Waals surface area contributed by atoms with Crippen molar-refractivity contribution < 1.29 is 28.5 Å². The van der Waals surface area contributed by atoms with E-state index >= 15 is 0 Å². The van der Waals surface area contributed by atoms with Crippen LogP contribution in [0.1, 0.15) is 10.4 Å². The largest absolute Gasteiger partial charge is 0.491 e. The molecule has 5 nitrogen and oxygen atoms in total. The van der Waals surface area contributed by atoms with Gasteiger partial charge in [-0.15, -0.1) is 0 Å². The molecule has 0 spiro atoms. The van der Waals surface area contributed by atoms with Crippen LogP contribution in [-0.2, 0) is 9.47 Å². The van der Waals surface area contributed by atoms with E-state index in [1.807, 2.05) is 0 Å². The number of aliphatic hydroxyl groups is 1. The Labute approximate surface area is 110 Å². The summed E-state index contributed by atoms with van der Waals surface area (Å²) in [7, 11) is 1.55. The van der Waals surface area contributed by atoms with Crippen molar-refractivity contribution in [1.82, 2.24) is 0 Å². The Balaban J connectivity index is 2.35. The summed E-state index contributed by atoms with van der Waals surface area (Å²) in [5, 5.41) is 9.55. The van der Waals surface area contributed by atoms with E-state index in [0.29, 0.717) is 19.5 Å². The Morgan fingerprint density at radius 3 is 2.79 bits per heavy atom. The molecule has 0 saturated heterocycles. The van der Waals surface area contributed by atoms with Crippen molar-refractivity contribution >= 4 is 6.29 Å². The smallest absolute Gasteiger partial charge is 0.150 e. The fourth-order valence-electron chi connectivity index (χ4n) is 1.34. The summed E-state index contributed by atoms with van der Waals surface area (Å²) in [6.07, 6.45) is -0.306. The van der Waals surface area contributed by atoms with Gasteiger partial charge in [-0.3, -0.25) is 4.79 Å². The third-order valence-corrected chi connectivity index (χ3v) is 2.21. The average molecular weight is 272 g/mol. The molecule has 0 fully saturated rings. The van der Waals surface area contributed by atoms with Gasteiger partial charge in [0.05, 0.1) is 19.8 Å². The Hall–Kier alpha value is -1.50. The minimum absolute atomic E-state index is 0.0469. The molecule has 0 aromatic heterocycles. The molecule has 1 rings (SSSR count). The Morgan fingerprint density at radius 1 is 1.32 bits per heavy atom. The second kappa shape index (κ2) is 8.58. The van der Waals surface area contributed by atoms with Crippen molar-refractivity contribution in [2.45, 2.75) is 6.10 Å². The predicted octanol–water partition coefficient (Wildman–Crippen LogP) is 1.04. The molecule has 0 radical (unpaired) electrons. The van der Waals surface area contributed by atoms with Crippen LogP contribution in [0, 0.1) is 5.82 Å². The van der Waals surface area contributed by atoms with Crippen molar-refractivity contribution in [3.63, 3.8) is 0 Å². The molecule has 6 heteroatoms. The molecule has 1 atom stereocenters. The number of ether oxygens (including phenoxy) is 3. The summed E-state index contributed by atoms with van der Waals surface area (Å²) >= 11 is 0. The van der Waals surface area contributed by atoms with Gasteiger partial charge in [-0.25, -0.2) is 4.39 Å². The maximum absolute atomic E-state index is 13.1. The van der Waals surface area contributed by atoms with Crippen LogP contribution < -0.4 is 4.74 Å². The second-order valence-electron chi connectivity index (χ2n) is 3.87. The van der Waals surface area contributed by atoms with Crippen molar-refractivity contribution in [1.29, 1.82) is 0 Å². The van der Waals surface area contributed by atoms with Crippen LogP contribution in [0.15, 0.2) is 18.2 Å². The fourth-order valence-corrected chi connectivity index (χ4v) is 1.34. The van der Waals surface area contributed by atoms with E-state index in [0.717, 1.165) is 12.1 Å². The predicted molar refractivity (Wildman–Crippen MR) is 66.0 cm³/mol. The third kappa shape index (κ3) is 6.28. The highest BCUT2D eigenvalue weighted by molar-refractivity contribution is 5.75. The van der Waals surface area contributed by atoms with Gasteiger partial charge in [-0.05, 0) is 12.1 Å². The van der Waals surface area contributed by atoms with E-state index in [2.05, 4.69) is 0 Å². The molecule has 1 N–H and O–H groups in total. The molecule has 0 amide bonds. The van der Waals surface area contributed by atoms with E-state index < -0.39 is 11.9 Å². The minimum Gasteiger partial charge on any atom is -0.491 e. The summed E-state index contributed by atoms with van der Waals surface area (Å²) < 4.78 is 28.2. The first kappa shape index (κ1) is 15.6. The summed E-state index contributed by atoms with van der Waals surface area (Å²) in [6, 6.07) is 3.64. The molecular weight excluding hydrogens is 255 g/mol. The van der Waals surface area contributed by atoms with Gasteiger partial charge in [-0.1, -0.05) is 0 Å². The van der Waals surface area contributed by atoms with Crippen molar-refractivity contribution in [3.8, 4) is 5.75 Å². The lowest BCUT2D eigenvalue weighted by Crippen LogP contribution is -2.24. The summed E-state index contributed by atoms with van der Waals surface area (Å²) in [4.78, 5) is 10.5. The maximum atomic E-state index is 13.1. The van der Waals surface area contributed by atoms with Crippen LogP contribution in [0.2, 0.25) is 0 Å². The van der Waals surface area contributed by atoms with Gasteiger partial charge in [0.2, 0.25) is 0 Å². The van der Waals surface area contributed by atoms with Crippen molar-refractivity contribution in [3.05, 3.63) is 29.6 Å². The number of carbonyl (C=O) groups is 1. The number of aliphatic hydroxyl groups excluding tert-OH is 1. The number of methoxy groups -OCH3 is 1. The summed E-state index contributed by atoms with van der Waals surface area (Å²) in [6.45, 7) is 0.872. The van der Waals surface area contributed by atoms with E-state index in [9.17, 15) is 14.3 Å². The van der Waals surface area contributed by atoms with Crippen LogP contribution in [0.3, 0.4) is 0 Å². The van der Waals surface area contributed by atoms with Gasteiger partial charge in [0.25, 0.3) is 0 Å². The van der Waals surface area contributed by atoms with Crippen molar-refractivity contribution in [2.75, 3.05) is 33.5 Å². The molecule has 0 saturated carbocycles. The van der Waals surface area contributed by atoms with Crippen LogP contribution in [-0.4, -0.2) is 51.0 Å². The average Bonchev–Trinajstić information content (AvgIpc) is 2.40. The maximum Gasteiger partial charge on any atom is 0.150 e. The number of halogens is 1. The number of hydrogen-bond donors (Lipinski definition) is 1. The molecule has 0 heterocycles. The lowest BCUT2D eigenvalue weighted by Gasteiger charge is -2.13. The van der Waals surface area contributed by atoms with E-state index in [4.69, 9.17) is 14.2 Å². The monoisotopic (exact) mass is 272 g/mol. The summed E-state index contributed by atoms with van der Waals surface area (Å²) in [5.74, 6) is -0.372. The highest BCUT2D eigenvalue weighted by atomic mass is 19.1. The van der Waals surface area contributed by atoms with Crippen LogP contribution >= 0.6 is 0 Å². The second-order valence-corrected chi connectivity index (χ2v) is 3.87. The number of aldehydes is 1. The third-order valence-electron chi connectivity index (χ3n) is 2.21. The molecule has 19 heavy (non-hydrogen) atoms. The number of rotatable bonds is 9. The van der Waals surface area contributed by atoms with Crippen LogP contribution in [0.4, 0.5) is 4.39 Å². The van der Waals surface area contributed by atoms with Crippen molar-refractivity contribution in [2.24, 2.45) is 0 Å². The Morgan fingerprint density at radius 2 is 2.11 bits per heavy atom. The van der Waals surface area contributed by atoms with E-state index in [-0.39, 0.29) is 24.5 Å². The number of benzene rings is 1. The van der Waals surface area contributed by atoms with Crippen LogP contribution in [0.5, 0.6) is 5.75 Å². The highest BCUT2D eigenvalue weighted by Gasteiger charge is 2.07. The molecule has 1 unspecified atom stereocenters. The molecular formula is C13H17FO5. The standard InChI is InChI=1S/C13H17FO5/c1-17-2-3-18-8-12(16)9-19-13-5-10(7-15)4-11(14)6-13/h4-7,12,16H,2-3,8-9H2,1H3. The molecule has 0 aliphatic carbocycles. The quantitative estimate of drug-likeness (QED) is 0.537. The number of hydrogen-bond acceptors (Lipinski definition) is 5. The topological polar surface area (TPSA) is 65.0 Å². The molecule has 0 bridgehead atoms. The lowest BCUT2D eigenvalue weighted by molar-refractivity contribution is -0.00423. The molecule has 0 aliphatic rings. The first-order valence-corrected chi connectivity index (χ1v) is 5.79. The Kier molecular flexibility index (Phi) is 7.02. The van der Waals surface area contributed by atoms with Gasteiger partial charge in [0.1, 0.15) is 30.6 Å². The first-order valence-electron chi connectivity index (χ1n) is 5.79. The molecule has 106 valence electrons. The minimum atomic E-state index is -0.834. The molecule has 1 aromatic carbocycles. The zero-order valence-electron chi connectivity index (χ0n) is 10.7. The highest BCUT2D eigenvalue weighted by Crippen LogP contribution is 2.15. The summed E-state index contributed by atoms with van der Waals surface area (Å²) in [5.41, 5.74) is 0.181. The van der Waals surface area contributed by atoms with E-state index in [1.165, 1.54) is 6.07 Å². The van der Waals surface area contributed by atoms with Gasteiger partial charge in [0.15, 0.2) is 0 Å². The zero-order valence-corrected chi connectivity index (χ0v) is 10.7. The fraction of sp³-hybridized carbons (Fsp3) is 0.462. The Bertz CT molecular complexity index is 397.